The number of para-hydroxylation sites is 1. The smallest absolute Gasteiger partial charge is 0.321 e. The zero-order valence-corrected chi connectivity index (χ0v) is 14.4. The number of amides is 2. The molecule has 1 fully saturated rings. The van der Waals surface area contributed by atoms with Crippen molar-refractivity contribution < 1.29 is 9.18 Å². The molecule has 0 spiro atoms. The van der Waals surface area contributed by atoms with Crippen molar-refractivity contribution in [2.45, 2.75) is 0 Å². The number of nitrogens with zero attached hydrogens (tertiary/aromatic N) is 2. The third kappa shape index (κ3) is 3.20. The van der Waals surface area contributed by atoms with Gasteiger partial charge in [-0.25, -0.2) is 9.18 Å². The zero-order chi connectivity index (χ0) is 17.9. The first kappa shape index (κ1) is 16.4. The minimum atomic E-state index is -0.221. The summed E-state index contributed by atoms with van der Waals surface area (Å²) in [7, 11) is 0. The first-order valence-electron chi connectivity index (χ1n) is 8.75. The molecule has 2 amide bonds. The molecule has 0 bridgehead atoms. The predicted octanol–water partition coefficient (Wildman–Crippen LogP) is 4.33. The minimum Gasteiger partial charge on any atom is -0.366 e. The van der Waals surface area contributed by atoms with Gasteiger partial charge in [0.25, 0.3) is 0 Å². The van der Waals surface area contributed by atoms with Gasteiger partial charge in [-0.1, -0.05) is 48.5 Å². The first-order valence-corrected chi connectivity index (χ1v) is 8.75. The molecule has 3 aromatic carbocycles. The van der Waals surface area contributed by atoms with Gasteiger partial charge in [0.2, 0.25) is 0 Å². The number of carbonyl (C=O) groups excluding carboxylic acids is 1. The molecule has 1 aliphatic rings. The molecule has 0 unspecified atom stereocenters. The second kappa shape index (κ2) is 7.04. The molecule has 0 aromatic heterocycles. The number of nitrogens with one attached hydrogen (secondary N) is 1. The third-order valence-electron chi connectivity index (χ3n) is 4.79. The molecule has 0 aliphatic carbocycles. The van der Waals surface area contributed by atoms with Gasteiger partial charge in [0.1, 0.15) is 5.82 Å². The second-order valence-corrected chi connectivity index (χ2v) is 6.38. The number of halogens is 1. The van der Waals surface area contributed by atoms with E-state index in [9.17, 15) is 9.18 Å². The summed E-state index contributed by atoms with van der Waals surface area (Å²) in [6, 6.07) is 20.5. The average Bonchev–Trinajstić information content (AvgIpc) is 2.69. The normalized spacial score (nSPS) is 14.5. The summed E-state index contributed by atoms with van der Waals surface area (Å²) in [5.74, 6) is -0.221. The average molecular weight is 349 g/mol. The van der Waals surface area contributed by atoms with Crippen molar-refractivity contribution >= 4 is 28.2 Å². The van der Waals surface area contributed by atoms with Gasteiger partial charge in [0, 0.05) is 31.6 Å². The number of piperazine rings is 1. The maximum absolute atomic E-state index is 13.9. The van der Waals surface area contributed by atoms with E-state index in [-0.39, 0.29) is 11.8 Å². The largest absolute Gasteiger partial charge is 0.366 e. The lowest BCUT2D eigenvalue weighted by molar-refractivity contribution is 0.208. The maximum atomic E-state index is 13.9. The van der Waals surface area contributed by atoms with Crippen LogP contribution in [-0.4, -0.2) is 37.1 Å². The highest BCUT2D eigenvalue weighted by atomic mass is 19.1. The second-order valence-electron chi connectivity index (χ2n) is 6.38. The number of carbonyl (C=O) groups is 1. The zero-order valence-electron chi connectivity index (χ0n) is 14.4. The van der Waals surface area contributed by atoms with Crippen molar-refractivity contribution in [2.24, 2.45) is 0 Å². The van der Waals surface area contributed by atoms with Crippen LogP contribution in [0.4, 0.5) is 20.6 Å². The van der Waals surface area contributed by atoms with Crippen LogP contribution in [0.5, 0.6) is 0 Å². The highest BCUT2D eigenvalue weighted by molar-refractivity contribution is 6.01. The van der Waals surface area contributed by atoms with Gasteiger partial charge < -0.3 is 15.1 Å². The standard InChI is InChI=1S/C21H20FN3O/c22-18-9-3-4-11-20(18)24-12-14-25(15-13-24)21(26)23-19-10-5-7-16-6-1-2-8-17(16)19/h1-11H,12-15H2,(H,23,26). The summed E-state index contributed by atoms with van der Waals surface area (Å²) in [6.45, 7) is 2.35. The van der Waals surface area contributed by atoms with E-state index in [1.807, 2.05) is 53.4 Å². The monoisotopic (exact) mass is 349 g/mol. The molecular formula is C21H20FN3O. The summed E-state index contributed by atoms with van der Waals surface area (Å²) >= 11 is 0. The molecule has 0 atom stereocenters. The van der Waals surface area contributed by atoms with Crippen LogP contribution in [0.3, 0.4) is 0 Å². The van der Waals surface area contributed by atoms with E-state index >= 15 is 0 Å². The van der Waals surface area contributed by atoms with Gasteiger partial charge in [0.05, 0.1) is 11.4 Å². The Morgan fingerprint density at radius 2 is 1.54 bits per heavy atom. The molecule has 132 valence electrons. The lowest BCUT2D eigenvalue weighted by atomic mass is 10.1. The Morgan fingerprint density at radius 3 is 2.35 bits per heavy atom. The molecule has 0 saturated carbocycles. The van der Waals surface area contributed by atoms with Gasteiger partial charge in [-0.2, -0.15) is 0 Å². The number of urea groups is 1. The number of anilines is 2. The number of hydrogen-bond donors (Lipinski definition) is 1. The van der Waals surface area contributed by atoms with E-state index in [4.69, 9.17) is 0 Å². The van der Waals surface area contributed by atoms with Gasteiger partial charge in [-0.3, -0.25) is 0 Å². The molecular weight excluding hydrogens is 329 g/mol. The lowest BCUT2D eigenvalue weighted by Gasteiger charge is -2.36. The Bertz CT molecular complexity index is 930. The fourth-order valence-corrected chi connectivity index (χ4v) is 3.39. The van der Waals surface area contributed by atoms with E-state index in [0.29, 0.717) is 31.9 Å². The fraction of sp³-hybridized carbons (Fsp3) is 0.190. The predicted molar refractivity (Wildman–Crippen MR) is 103 cm³/mol. The number of hydrogen-bond acceptors (Lipinski definition) is 2. The molecule has 3 aromatic rings. The Labute approximate surface area is 151 Å². The maximum Gasteiger partial charge on any atom is 0.321 e. The topological polar surface area (TPSA) is 35.6 Å². The first-order chi connectivity index (χ1) is 12.7. The Kier molecular flexibility index (Phi) is 4.44. The molecule has 0 radical (unpaired) electrons. The molecule has 5 heteroatoms. The van der Waals surface area contributed by atoms with Crippen molar-refractivity contribution in [1.82, 2.24) is 4.90 Å². The Hall–Kier alpha value is -3.08. The van der Waals surface area contributed by atoms with Crippen LogP contribution < -0.4 is 10.2 Å². The molecule has 4 nitrogen and oxygen atoms in total. The van der Waals surface area contributed by atoms with Crippen LogP contribution in [0.1, 0.15) is 0 Å². The van der Waals surface area contributed by atoms with Crippen molar-refractivity contribution in [2.75, 3.05) is 36.4 Å². The summed E-state index contributed by atoms with van der Waals surface area (Å²) in [5.41, 5.74) is 1.41. The van der Waals surface area contributed by atoms with Crippen molar-refractivity contribution in [1.29, 1.82) is 0 Å². The van der Waals surface area contributed by atoms with E-state index in [2.05, 4.69) is 5.32 Å². The van der Waals surface area contributed by atoms with Crippen LogP contribution in [0.25, 0.3) is 10.8 Å². The highest BCUT2D eigenvalue weighted by Crippen LogP contribution is 2.24. The Morgan fingerprint density at radius 1 is 0.846 bits per heavy atom. The van der Waals surface area contributed by atoms with Gasteiger partial charge in [-0.05, 0) is 23.6 Å². The number of fused-ring (bicyclic) bond motifs is 1. The van der Waals surface area contributed by atoms with Crippen LogP contribution in [0.2, 0.25) is 0 Å². The molecule has 1 aliphatic heterocycles. The summed E-state index contributed by atoms with van der Waals surface area (Å²) < 4.78 is 13.9. The number of rotatable bonds is 2. The molecule has 1 N–H and O–H groups in total. The van der Waals surface area contributed by atoms with Crippen LogP contribution in [-0.2, 0) is 0 Å². The molecule has 1 heterocycles. The quantitative estimate of drug-likeness (QED) is 0.747. The van der Waals surface area contributed by atoms with Gasteiger partial charge in [-0.15, -0.1) is 0 Å². The summed E-state index contributed by atoms with van der Waals surface area (Å²) in [5, 5.41) is 5.13. The molecule has 26 heavy (non-hydrogen) atoms. The lowest BCUT2D eigenvalue weighted by Crippen LogP contribution is -2.50. The highest BCUT2D eigenvalue weighted by Gasteiger charge is 2.23. The summed E-state index contributed by atoms with van der Waals surface area (Å²) in [6.07, 6.45) is 0. The molecule has 4 rings (SSSR count). The fourth-order valence-electron chi connectivity index (χ4n) is 3.39. The van der Waals surface area contributed by atoms with Crippen LogP contribution >= 0.6 is 0 Å². The van der Waals surface area contributed by atoms with E-state index in [0.717, 1.165) is 16.5 Å². The van der Waals surface area contributed by atoms with Crippen LogP contribution in [0.15, 0.2) is 66.7 Å². The van der Waals surface area contributed by atoms with Crippen molar-refractivity contribution in [3.63, 3.8) is 0 Å². The van der Waals surface area contributed by atoms with E-state index < -0.39 is 0 Å². The SMILES string of the molecule is O=C(Nc1cccc2ccccc12)N1CCN(c2ccccc2F)CC1. The van der Waals surface area contributed by atoms with E-state index in [1.54, 1.807) is 17.0 Å². The van der Waals surface area contributed by atoms with Crippen molar-refractivity contribution in [3.8, 4) is 0 Å². The molecule has 1 saturated heterocycles. The number of benzene rings is 3. The van der Waals surface area contributed by atoms with Crippen LogP contribution in [0, 0.1) is 5.82 Å². The van der Waals surface area contributed by atoms with Crippen molar-refractivity contribution in [3.05, 3.63) is 72.5 Å². The third-order valence-corrected chi connectivity index (χ3v) is 4.79. The van der Waals surface area contributed by atoms with Gasteiger partial charge >= 0.3 is 6.03 Å². The Balaban J connectivity index is 1.43. The minimum absolute atomic E-state index is 0.116. The van der Waals surface area contributed by atoms with E-state index in [1.165, 1.54) is 6.07 Å². The summed E-state index contributed by atoms with van der Waals surface area (Å²) in [4.78, 5) is 16.4. The van der Waals surface area contributed by atoms with Gasteiger partial charge in [0.15, 0.2) is 0 Å².